The van der Waals surface area contributed by atoms with E-state index in [1.807, 2.05) is 79.7 Å². The third kappa shape index (κ3) is 3.81. The lowest BCUT2D eigenvalue weighted by Crippen LogP contribution is -2.37. The molecule has 1 aliphatic rings. The summed E-state index contributed by atoms with van der Waals surface area (Å²) in [7, 11) is 0. The van der Waals surface area contributed by atoms with Gasteiger partial charge in [0.05, 0.1) is 20.9 Å². The quantitative estimate of drug-likeness (QED) is 0.352. The van der Waals surface area contributed by atoms with Crippen LogP contribution >= 0.6 is 11.3 Å². The predicted octanol–water partition coefficient (Wildman–Crippen LogP) is 4.67. The normalized spacial score (nSPS) is 17.5. The number of thiazole rings is 1. The number of rotatable bonds is 4. The van der Waals surface area contributed by atoms with Crippen LogP contribution in [0.5, 0.6) is 0 Å². The van der Waals surface area contributed by atoms with Gasteiger partial charge in [0.15, 0.2) is 12.4 Å². The molecule has 6 rings (SSSR count). The van der Waals surface area contributed by atoms with Crippen LogP contribution in [-0.4, -0.2) is 38.4 Å². The number of nitrogens with zero attached hydrogens (tertiary/aromatic N) is 4. The molecule has 3 heterocycles. The van der Waals surface area contributed by atoms with Crippen molar-refractivity contribution in [2.75, 3.05) is 10.6 Å². The Kier molecular flexibility index (Phi) is 5.05. The molecule has 9 heteroatoms. The minimum absolute atomic E-state index is 0.170. The van der Waals surface area contributed by atoms with E-state index >= 15 is 0 Å². The number of aliphatic hydroxyl groups is 1. The molecule has 0 spiro atoms. The van der Waals surface area contributed by atoms with E-state index < -0.39 is 12.4 Å². The first-order valence-corrected chi connectivity index (χ1v) is 11.6. The first-order valence-electron chi connectivity index (χ1n) is 10.8. The van der Waals surface area contributed by atoms with Crippen molar-refractivity contribution >= 4 is 39.0 Å². The molecule has 0 aliphatic carbocycles. The Labute approximate surface area is 199 Å². The average molecular weight is 469 g/mol. The van der Waals surface area contributed by atoms with E-state index in [0.29, 0.717) is 5.89 Å². The van der Waals surface area contributed by atoms with Crippen molar-refractivity contribution in [3.63, 3.8) is 0 Å². The fraction of sp³-hybridized carbons (Fsp3) is 0.120. The minimum atomic E-state index is -1.02. The lowest BCUT2D eigenvalue weighted by molar-refractivity contribution is 0.182. The van der Waals surface area contributed by atoms with Gasteiger partial charge in [-0.1, -0.05) is 53.6 Å². The lowest BCUT2D eigenvalue weighted by atomic mass is 10.0. The number of benzodiazepines with no additional fused rings is 1. The number of benzene rings is 3. The van der Waals surface area contributed by atoms with E-state index in [4.69, 9.17) is 9.41 Å². The standard InChI is InChI=1S/C25H20N6O2S/c1-14-26-19-12-11-16(13-20(19)34-14)24-30-31-25(33-24)29-22-23(32)27-18-10-6-5-9-17(18)21(28-22)15-7-3-2-4-8-15/h2-13,22-23,27,32H,1H3,(H,29,31). The summed E-state index contributed by atoms with van der Waals surface area (Å²) in [4.78, 5) is 9.33. The molecule has 0 saturated carbocycles. The molecular formula is C25H20N6O2S. The summed E-state index contributed by atoms with van der Waals surface area (Å²) in [5.41, 5.74) is 5.13. The number of anilines is 2. The van der Waals surface area contributed by atoms with Crippen LogP contribution in [0, 0.1) is 6.92 Å². The maximum absolute atomic E-state index is 10.9. The van der Waals surface area contributed by atoms with Crippen LogP contribution in [0.3, 0.4) is 0 Å². The van der Waals surface area contributed by atoms with Crippen molar-refractivity contribution in [3.05, 3.63) is 88.9 Å². The largest absolute Gasteiger partial charge is 0.403 e. The first kappa shape index (κ1) is 20.5. The molecule has 2 atom stereocenters. The number of hydrogen-bond acceptors (Lipinski definition) is 9. The minimum Gasteiger partial charge on any atom is -0.403 e. The number of aromatic nitrogens is 3. The summed E-state index contributed by atoms with van der Waals surface area (Å²) in [6, 6.07) is 23.6. The van der Waals surface area contributed by atoms with Gasteiger partial charge in [-0.15, -0.1) is 16.4 Å². The van der Waals surface area contributed by atoms with Crippen molar-refractivity contribution in [1.82, 2.24) is 15.2 Å². The molecular weight excluding hydrogens is 448 g/mol. The smallest absolute Gasteiger partial charge is 0.317 e. The zero-order chi connectivity index (χ0) is 23.1. The fourth-order valence-corrected chi connectivity index (χ4v) is 4.83. The second-order valence-corrected chi connectivity index (χ2v) is 9.13. The summed E-state index contributed by atoms with van der Waals surface area (Å²) < 4.78 is 6.93. The van der Waals surface area contributed by atoms with Gasteiger partial charge in [0, 0.05) is 22.4 Å². The van der Waals surface area contributed by atoms with Crippen LogP contribution in [0.25, 0.3) is 21.7 Å². The molecule has 0 radical (unpaired) electrons. The molecule has 3 N–H and O–H groups in total. The SMILES string of the molecule is Cc1nc2ccc(-c3nnc(NC4N=C(c5ccccc5)c5ccccc5NC4O)o3)cc2s1. The summed E-state index contributed by atoms with van der Waals surface area (Å²) >= 11 is 1.62. The Hall–Kier alpha value is -4.08. The molecule has 8 nitrogen and oxygen atoms in total. The molecule has 3 aromatic carbocycles. The van der Waals surface area contributed by atoms with Crippen LogP contribution in [0.2, 0.25) is 0 Å². The van der Waals surface area contributed by atoms with Crippen molar-refractivity contribution < 1.29 is 9.52 Å². The van der Waals surface area contributed by atoms with Crippen molar-refractivity contribution in [2.45, 2.75) is 19.3 Å². The number of aryl methyl sites for hydroxylation is 1. The van der Waals surface area contributed by atoms with Gasteiger partial charge in [0.1, 0.15) is 0 Å². The van der Waals surface area contributed by atoms with E-state index in [-0.39, 0.29) is 6.01 Å². The molecule has 0 amide bonds. The monoisotopic (exact) mass is 468 g/mol. The fourth-order valence-electron chi connectivity index (χ4n) is 3.97. The van der Waals surface area contributed by atoms with E-state index in [0.717, 1.165) is 43.3 Å². The van der Waals surface area contributed by atoms with E-state index in [9.17, 15) is 5.11 Å². The van der Waals surface area contributed by atoms with Gasteiger partial charge >= 0.3 is 6.01 Å². The Morgan fingerprint density at radius 1 is 0.971 bits per heavy atom. The summed E-state index contributed by atoms with van der Waals surface area (Å²) in [5, 5.41) is 26.4. The van der Waals surface area contributed by atoms with Crippen molar-refractivity contribution in [3.8, 4) is 11.5 Å². The van der Waals surface area contributed by atoms with Crippen LogP contribution in [-0.2, 0) is 0 Å². The van der Waals surface area contributed by atoms with E-state index in [1.54, 1.807) is 11.3 Å². The molecule has 1 aliphatic heterocycles. The number of aliphatic imine (C=N–C) groups is 1. The molecule has 168 valence electrons. The van der Waals surface area contributed by atoms with Gasteiger partial charge in [-0.25, -0.2) is 4.98 Å². The molecule has 2 aromatic heterocycles. The molecule has 34 heavy (non-hydrogen) atoms. The van der Waals surface area contributed by atoms with Crippen molar-refractivity contribution in [1.29, 1.82) is 0 Å². The predicted molar refractivity (Wildman–Crippen MR) is 133 cm³/mol. The maximum atomic E-state index is 10.9. The van der Waals surface area contributed by atoms with Crippen LogP contribution in [0.1, 0.15) is 16.1 Å². The number of para-hydroxylation sites is 1. The highest BCUT2D eigenvalue weighted by Crippen LogP contribution is 2.29. The third-order valence-electron chi connectivity index (χ3n) is 5.54. The van der Waals surface area contributed by atoms with E-state index in [1.165, 1.54) is 0 Å². The van der Waals surface area contributed by atoms with Gasteiger partial charge in [0.2, 0.25) is 5.89 Å². The van der Waals surface area contributed by atoms with Gasteiger partial charge < -0.3 is 20.2 Å². The molecule has 0 fully saturated rings. The number of nitrogens with one attached hydrogen (secondary N) is 2. The molecule has 5 aromatic rings. The molecule has 0 saturated heterocycles. The highest BCUT2D eigenvalue weighted by atomic mass is 32.1. The zero-order valence-electron chi connectivity index (χ0n) is 18.1. The van der Waals surface area contributed by atoms with Gasteiger partial charge in [-0.3, -0.25) is 4.99 Å². The average Bonchev–Trinajstić information content (AvgIpc) is 3.44. The Balaban J connectivity index is 1.33. The van der Waals surface area contributed by atoms with E-state index in [2.05, 4.69) is 25.8 Å². The second-order valence-electron chi connectivity index (χ2n) is 7.90. The topological polar surface area (TPSA) is 108 Å². The number of fused-ring (bicyclic) bond motifs is 2. The third-order valence-corrected chi connectivity index (χ3v) is 6.47. The van der Waals surface area contributed by atoms with Crippen molar-refractivity contribution in [2.24, 2.45) is 4.99 Å². The lowest BCUT2D eigenvalue weighted by Gasteiger charge is -2.19. The highest BCUT2D eigenvalue weighted by molar-refractivity contribution is 7.18. The van der Waals surface area contributed by atoms with Gasteiger partial charge in [0.25, 0.3) is 0 Å². The second kappa shape index (κ2) is 8.36. The highest BCUT2D eigenvalue weighted by Gasteiger charge is 2.27. The molecule has 2 unspecified atom stereocenters. The van der Waals surface area contributed by atoms with Crippen LogP contribution in [0.15, 0.2) is 82.2 Å². The summed E-state index contributed by atoms with van der Waals surface area (Å²) in [6.45, 7) is 1.98. The van der Waals surface area contributed by atoms with Gasteiger partial charge in [-0.05, 0) is 31.2 Å². The van der Waals surface area contributed by atoms with Crippen LogP contribution in [0.4, 0.5) is 11.7 Å². The van der Waals surface area contributed by atoms with Crippen LogP contribution < -0.4 is 10.6 Å². The van der Waals surface area contributed by atoms with Gasteiger partial charge in [-0.2, -0.15) is 0 Å². The summed E-state index contributed by atoms with van der Waals surface area (Å²) in [6.07, 6.45) is -1.78. The Morgan fingerprint density at radius 3 is 2.68 bits per heavy atom. The summed E-state index contributed by atoms with van der Waals surface area (Å²) in [5.74, 6) is 0.377. The molecule has 0 bridgehead atoms. The number of aliphatic hydroxyl groups excluding tert-OH is 1. The Bertz CT molecular complexity index is 1510. The first-order chi connectivity index (χ1) is 16.6. The maximum Gasteiger partial charge on any atom is 0.317 e. The number of hydrogen-bond donors (Lipinski definition) is 3. The zero-order valence-corrected chi connectivity index (χ0v) is 19.0. The Morgan fingerprint density at radius 2 is 1.79 bits per heavy atom.